The topological polar surface area (TPSA) is 85.8 Å². The molecule has 0 aliphatic rings. The van der Waals surface area contributed by atoms with Gasteiger partial charge < -0.3 is 14.4 Å². The summed E-state index contributed by atoms with van der Waals surface area (Å²) in [7, 11) is 0. The van der Waals surface area contributed by atoms with E-state index in [1.807, 2.05) is 28.8 Å². The van der Waals surface area contributed by atoms with Gasteiger partial charge in [-0.2, -0.15) is 4.98 Å². The molecule has 0 atom stereocenters. The number of halogens is 2. The number of nitrogens with one attached hydrogen (secondary N) is 1. The largest absolute Gasteiger partial charge is 0.332 e. The number of aromatic nitrogens is 4. The van der Waals surface area contributed by atoms with E-state index in [-0.39, 0.29) is 17.6 Å². The molecule has 9 heteroatoms. The highest BCUT2D eigenvalue weighted by Gasteiger charge is 2.14. The fourth-order valence-corrected chi connectivity index (χ4v) is 3.60. The van der Waals surface area contributed by atoms with Crippen LogP contribution < -0.4 is 5.32 Å². The number of imidazole rings is 1. The van der Waals surface area contributed by atoms with E-state index in [1.54, 1.807) is 48.9 Å². The number of hydrogen-bond acceptors (Lipinski definition) is 5. The molecule has 5 aromatic rings. The quantitative estimate of drug-likeness (QED) is 0.342. The number of rotatable bonds is 6. The number of carbonyl (C=O) groups is 1. The van der Waals surface area contributed by atoms with E-state index in [9.17, 15) is 9.18 Å². The molecule has 0 spiro atoms. The van der Waals surface area contributed by atoms with Crippen molar-refractivity contribution in [2.24, 2.45) is 0 Å². The second-order valence-corrected chi connectivity index (χ2v) is 7.90. The fraction of sp³-hybridized carbons (Fsp3) is 0.0400. The first-order chi connectivity index (χ1) is 16.5. The van der Waals surface area contributed by atoms with E-state index in [0.29, 0.717) is 39.9 Å². The molecule has 0 saturated carbocycles. The Morgan fingerprint density at radius 1 is 1.06 bits per heavy atom. The summed E-state index contributed by atoms with van der Waals surface area (Å²) in [5, 5.41) is 7.15. The van der Waals surface area contributed by atoms with Gasteiger partial charge >= 0.3 is 0 Å². The molecule has 0 saturated heterocycles. The lowest BCUT2D eigenvalue weighted by molar-refractivity contribution is 0.102. The molecule has 3 aromatic carbocycles. The highest BCUT2D eigenvalue weighted by Crippen LogP contribution is 2.22. The molecule has 1 N–H and O–H groups in total. The summed E-state index contributed by atoms with van der Waals surface area (Å²) in [6.45, 7) is 0.552. The van der Waals surface area contributed by atoms with Gasteiger partial charge in [-0.25, -0.2) is 9.37 Å². The Morgan fingerprint density at radius 3 is 2.68 bits per heavy atom. The first-order valence-electron chi connectivity index (χ1n) is 10.3. The summed E-state index contributed by atoms with van der Waals surface area (Å²) in [5.41, 5.74) is 3.12. The van der Waals surface area contributed by atoms with Crippen LogP contribution in [-0.4, -0.2) is 25.6 Å². The minimum atomic E-state index is -0.373. The van der Waals surface area contributed by atoms with Crippen LogP contribution in [0.2, 0.25) is 5.02 Å². The molecular weight excluding hydrogens is 457 g/mol. The van der Waals surface area contributed by atoms with Gasteiger partial charge in [0.15, 0.2) is 0 Å². The second-order valence-electron chi connectivity index (χ2n) is 7.50. The first-order valence-corrected chi connectivity index (χ1v) is 10.7. The lowest BCUT2D eigenvalue weighted by atomic mass is 10.2. The van der Waals surface area contributed by atoms with Crippen molar-refractivity contribution in [3.63, 3.8) is 0 Å². The predicted molar refractivity (Wildman–Crippen MR) is 126 cm³/mol. The van der Waals surface area contributed by atoms with Crippen LogP contribution in [0.1, 0.15) is 15.9 Å². The maximum atomic E-state index is 13.4. The van der Waals surface area contributed by atoms with Gasteiger partial charge in [-0.05, 0) is 42.0 Å². The van der Waals surface area contributed by atoms with Crippen LogP contribution in [0.15, 0.2) is 89.8 Å². The smallest absolute Gasteiger partial charge is 0.278 e. The zero-order valence-electron chi connectivity index (χ0n) is 17.7. The monoisotopic (exact) mass is 473 g/mol. The Balaban J connectivity index is 1.24. The van der Waals surface area contributed by atoms with Gasteiger partial charge in [0, 0.05) is 24.0 Å². The van der Waals surface area contributed by atoms with Crippen LogP contribution >= 0.6 is 11.6 Å². The number of anilines is 1. The average Bonchev–Trinajstić information content (AvgIpc) is 3.50. The number of amides is 1. The summed E-state index contributed by atoms with van der Waals surface area (Å²) in [4.78, 5) is 21.1. The summed E-state index contributed by atoms with van der Waals surface area (Å²) in [5.74, 6) is -0.105. The van der Waals surface area contributed by atoms with Crippen LogP contribution in [-0.2, 0) is 6.54 Å². The number of nitrogens with zero attached hydrogens (tertiary/aromatic N) is 4. The summed E-state index contributed by atoms with van der Waals surface area (Å²) in [6.07, 6.45) is 3.45. The molecule has 2 heterocycles. The van der Waals surface area contributed by atoms with Crippen molar-refractivity contribution in [3.8, 4) is 23.0 Å². The van der Waals surface area contributed by atoms with E-state index in [0.717, 1.165) is 5.56 Å². The summed E-state index contributed by atoms with van der Waals surface area (Å²) in [6, 6.07) is 20.3. The van der Waals surface area contributed by atoms with E-state index in [2.05, 4.69) is 20.4 Å². The molecule has 0 unspecified atom stereocenters. The van der Waals surface area contributed by atoms with E-state index >= 15 is 0 Å². The molecule has 34 heavy (non-hydrogen) atoms. The molecule has 5 rings (SSSR count). The van der Waals surface area contributed by atoms with Crippen molar-refractivity contribution in [1.82, 2.24) is 19.7 Å². The normalized spacial score (nSPS) is 10.9. The van der Waals surface area contributed by atoms with Crippen LogP contribution in [0.25, 0.3) is 23.0 Å². The number of carbonyl (C=O) groups excluding carboxylic acids is 1. The highest BCUT2D eigenvalue weighted by molar-refractivity contribution is 6.34. The maximum absolute atomic E-state index is 13.4. The zero-order chi connectivity index (χ0) is 23.5. The Bertz CT molecular complexity index is 1460. The molecule has 0 fully saturated rings. The minimum absolute atomic E-state index is 0.246. The fourth-order valence-electron chi connectivity index (χ4n) is 3.38. The van der Waals surface area contributed by atoms with Gasteiger partial charge in [0.05, 0.1) is 16.9 Å². The van der Waals surface area contributed by atoms with Gasteiger partial charge in [-0.1, -0.05) is 53.2 Å². The molecular formula is C25H17ClFN5O2. The third-order valence-electron chi connectivity index (χ3n) is 5.06. The highest BCUT2D eigenvalue weighted by atomic mass is 35.5. The average molecular weight is 474 g/mol. The van der Waals surface area contributed by atoms with Crippen LogP contribution in [0.5, 0.6) is 0 Å². The Kier molecular flexibility index (Phi) is 5.88. The summed E-state index contributed by atoms with van der Waals surface area (Å²) >= 11 is 6.09. The summed E-state index contributed by atoms with van der Waals surface area (Å²) < 4.78 is 20.6. The predicted octanol–water partition coefficient (Wildman–Crippen LogP) is 5.69. The standard InChI is InChI=1S/C25H17ClFN5O2/c26-21-7-2-1-6-20(21)24(33)29-19-10-8-16(9-11-19)13-32-14-22(28-15-32)25-30-23(31-34-25)17-4-3-5-18(27)12-17/h1-12,14-15H,13H2,(H,29,33). The lowest BCUT2D eigenvalue weighted by Crippen LogP contribution is -2.12. The number of hydrogen-bond donors (Lipinski definition) is 1. The van der Waals surface area contributed by atoms with Crippen LogP contribution in [0, 0.1) is 5.82 Å². The van der Waals surface area contributed by atoms with Gasteiger partial charge in [0.2, 0.25) is 5.82 Å². The van der Waals surface area contributed by atoms with Crippen LogP contribution in [0.3, 0.4) is 0 Å². The minimum Gasteiger partial charge on any atom is -0.332 e. The molecule has 0 aliphatic carbocycles. The van der Waals surface area contributed by atoms with Crippen molar-refractivity contribution in [1.29, 1.82) is 0 Å². The van der Waals surface area contributed by atoms with E-state index in [4.69, 9.17) is 16.1 Å². The van der Waals surface area contributed by atoms with Crippen molar-refractivity contribution in [2.45, 2.75) is 6.54 Å². The molecule has 7 nitrogen and oxygen atoms in total. The second kappa shape index (κ2) is 9.29. The van der Waals surface area contributed by atoms with Crippen molar-refractivity contribution in [2.75, 3.05) is 5.32 Å². The van der Waals surface area contributed by atoms with Crippen molar-refractivity contribution >= 4 is 23.2 Å². The molecule has 2 aromatic heterocycles. The first kappa shape index (κ1) is 21.5. The molecule has 0 aliphatic heterocycles. The molecule has 1 amide bonds. The Morgan fingerprint density at radius 2 is 1.88 bits per heavy atom. The van der Waals surface area contributed by atoms with E-state index < -0.39 is 0 Å². The van der Waals surface area contributed by atoms with Gasteiger partial charge in [-0.3, -0.25) is 4.79 Å². The van der Waals surface area contributed by atoms with Crippen molar-refractivity contribution < 1.29 is 13.7 Å². The Hall–Kier alpha value is -4.30. The van der Waals surface area contributed by atoms with Gasteiger partial charge in [0.1, 0.15) is 11.5 Å². The third kappa shape index (κ3) is 4.72. The van der Waals surface area contributed by atoms with Crippen LogP contribution in [0.4, 0.5) is 10.1 Å². The maximum Gasteiger partial charge on any atom is 0.278 e. The Labute approximate surface area is 198 Å². The third-order valence-corrected chi connectivity index (χ3v) is 5.39. The van der Waals surface area contributed by atoms with Gasteiger partial charge in [0.25, 0.3) is 11.8 Å². The molecule has 168 valence electrons. The molecule has 0 radical (unpaired) electrons. The zero-order valence-corrected chi connectivity index (χ0v) is 18.4. The van der Waals surface area contributed by atoms with Gasteiger partial charge in [-0.15, -0.1) is 0 Å². The SMILES string of the molecule is O=C(Nc1ccc(Cn2cnc(-c3nc(-c4cccc(F)c4)no3)c2)cc1)c1ccccc1Cl. The lowest BCUT2D eigenvalue weighted by Gasteiger charge is -2.08. The molecule has 0 bridgehead atoms. The van der Waals surface area contributed by atoms with Crippen molar-refractivity contribution in [3.05, 3.63) is 107 Å². The number of benzene rings is 3. The van der Waals surface area contributed by atoms with E-state index in [1.165, 1.54) is 12.1 Å².